The molecule has 7 heteroatoms. The Hall–Kier alpha value is -0.490. The van der Waals surface area contributed by atoms with Crippen LogP contribution in [0.15, 0.2) is 0 Å². The highest BCUT2D eigenvalue weighted by atomic mass is 35.5. The van der Waals surface area contributed by atoms with Gasteiger partial charge in [0.25, 0.3) is 0 Å². The van der Waals surface area contributed by atoms with E-state index in [2.05, 4.69) is 5.32 Å². The van der Waals surface area contributed by atoms with E-state index < -0.39 is 12.1 Å². The van der Waals surface area contributed by atoms with Gasteiger partial charge in [0.1, 0.15) is 0 Å². The summed E-state index contributed by atoms with van der Waals surface area (Å²) in [6, 6.07) is 0. The smallest absolute Gasteiger partial charge is 0.348 e. The lowest BCUT2D eigenvalue weighted by molar-refractivity contribution is -0.173. The minimum Gasteiger partial charge on any atom is -0.348 e. The predicted octanol–water partition coefficient (Wildman–Crippen LogP) is 0.696. The minimum absolute atomic E-state index is 0. The molecule has 0 spiro atoms. The average molecular weight is 233 g/mol. The zero-order valence-electron chi connectivity index (χ0n) is 7.36. The van der Waals surface area contributed by atoms with E-state index in [0.717, 1.165) is 13.0 Å². The van der Waals surface area contributed by atoms with Gasteiger partial charge < -0.3 is 10.6 Å². The topological polar surface area (TPSA) is 41.1 Å². The molecule has 0 radical (unpaired) electrons. The Morgan fingerprint density at radius 1 is 1.50 bits per heavy atom. The lowest BCUT2D eigenvalue weighted by Gasteiger charge is -2.11. The maximum Gasteiger partial charge on any atom is 0.471 e. The van der Waals surface area contributed by atoms with Gasteiger partial charge in [0.15, 0.2) is 0 Å². The van der Waals surface area contributed by atoms with Crippen molar-refractivity contribution in [2.75, 3.05) is 19.6 Å². The molecule has 1 saturated heterocycles. The van der Waals surface area contributed by atoms with Crippen molar-refractivity contribution in [3.63, 3.8) is 0 Å². The SMILES string of the molecule is Cl.O=C(NC[C@@H]1CCNC1)C(F)(F)F. The molecule has 1 heterocycles. The van der Waals surface area contributed by atoms with Gasteiger partial charge in [0, 0.05) is 6.54 Å². The van der Waals surface area contributed by atoms with Crippen LogP contribution in [0.25, 0.3) is 0 Å². The van der Waals surface area contributed by atoms with Crippen molar-refractivity contribution in [2.45, 2.75) is 12.6 Å². The third-order valence-corrected chi connectivity index (χ3v) is 1.97. The van der Waals surface area contributed by atoms with Gasteiger partial charge in [-0.15, -0.1) is 12.4 Å². The van der Waals surface area contributed by atoms with E-state index in [9.17, 15) is 18.0 Å². The molecule has 0 aromatic carbocycles. The van der Waals surface area contributed by atoms with Crippen LogP contribution < -0.4 is 10.6 Å². The number of carbonyl (C=O) groups excluding carboxylic acids is 1. The molecule has 1 fully saturated rings. The molecule has 1 atom stereocenters. The highest BCUT2D eigenvalue weighted by Gasteiger charge is 2.38. The summed E-state index contributed by atoms with van der Waals surface area (Å²) in [5.41, 5.74) is 0. The van der Waals surface area contributed by atoms with Crippen LogP contribution in [0.4, 0.5) is 13.2 Å². The van der Waals surface area contributed by atoms with Crippen LogP contribution >= 0.6 is 12.4 Å². The van der Waals surface area contributed by atoms with Crippen LogP contribution in [0.1, 0.15) is 6.42 Å². The van der Waals surface area contributed by atoms with Crippen LogP contribution in [0.5, 0.6) is 0 Å². The Kier molecular flexibility index (Phi) is 5.22. The number of alkyl halides is 3. The summed E-state index contributed by atoms with van der Waals surface area (Å²) < 4.78 is 35.1. The van der Waals surface area contributed by atoms with Crippen molar-refractivity contribution >= 4 is 18.3 Å². The van der Waals surface area contributed by atoms with Crippen LogP contribution in [-0.4, -0.2) is 31.7 Å². The van der Waals surface area contributed by atoms with Crippen LogP contribution in [0.3, 0.4) is 0 Å². The zero-order chi connectivity index (χ0) is 9.90. The Labute approximate surface area is 85.8 Å². The van der Waals surface area contributed by atoms with Gasteiger partial charge in [-0.2, -0.15) is 13.2 Å². The van der Waals surface area contributed by atoms with Crippen molar-refractivity contribution in [2.24, 2.45) is 5.92 Å². The molecule has 0 aromatic rings. The Morgan fingerprint density at radius 3 is 2.57 bits per heavy atom. The summed E-state index contributed by atoms with van der Waals surface area (Å²) in [7, 11) is 0. The number of nitrogens with one attached hydrogen (secondary N) is 2. The van der Waals surface area contributed by atoms with Crippen molar-refractivity contribution < 1.29 is 18.0 Å². The molecule has 2 N–H and O–H groups in total. The van der Waals surface area contributed by atoms with Gasteiger partial charge in [-0.3, -0.25) is 4.79 Å². The molecule has 1 aliphatic heterocycles. The molecule has 0 aliphatic carbocycles. The number of halogens is 4. The second-order valence-electron chi connectivity index (χ2n) is 3.07. The summed E-state index contributed by atoms with van der Waals surface area (Å²) in [5.74, 6) is -1.72. The number of hydrogen-bond acceptors (Lipinski definition) is 2. The maximum absolute atomic E-state index is 11.7. The van der Waals surface area contributed by atoms with Gasteiger partial charge in [0.2, 0.25) is 0 Å². The minimum atomic E-state index is -4.76. The quantitative estimate of drug-likeness (QED) is 0.736. The zero-order valence-corrected chi connectivity index (χ0v) is 8.17. The normalized spacial score (nSPS) is 21.5. The number of carbonyl (C=O) groups is 1. The van der Waals surface area contributed by atoms with Crippen molar-refractivity contribution in [3.05, 3.63) is 0 Å². The molecule has 0 unspecified atom stereocenters. The lowest BCUT2D eigenvalue weighted by atomic mass is 10.1. The number of hydrogen-bond donors (Lipinski definition) is 2. The number of rotatable bonds is 2. The van der Waals surface area contributed by atoms with E-state index in [-0.39, 0.29) is 24.9 Å². The first-order chi connectivity index (χ1) is 6.00. The molecule has 0 saturated carbocycles. The molecule has 84 valence electrons. The third-order valence-electron chi connectivity index (χ3n) is 1.97. The molecule has 3 nitrogen and oxygen atoms in total. The molecule has 1 amide bonds. The highest BCUT2D eigenvalue weighted by molar-refractivity contribution is 5.85. The fraction of sp³-hybridized carbons (Fsp3) is 0.857. The molecule has 0 bridgehead atoms. The summed E-state index contributed by atoms with van der Waals surface area (Å²) in [4.78, 5) is 10.4. The average Bonchev–Trinajstić information content (AvgIpc) is 2.50. The van der Waals surface area contributed by atoms with Gasteiger partial charge in [-0.1, -0.05) is 0 Å². The highest BCUT2D eigenvalue weighted by Crippen LogP contribution is 2.14. The molecule has 1 aliphatic rings. The molecule has 0 aromatic heterocycles. The molecular weight excluding hydrogens is 221 g/mol. The monoisotopic (exact) mass is 232 g/mol. The van der Waals surface area contributed by atoms with Crippen molar-refractivity contribution in [3.8, 4) is 0 Å². The van der Waals surface area contributed by atoms with Crippen LogP contribution in [0.2, 0.25) is 0 Å². The maximum atomic E-state index is 11.7. The second-order valence-corrected chi connectivity index (χ2v) is 3.07. The Bertz CT molecular complexity index is 192. The first-order valence-corrected chi connectivity index (χ1v) is 4.06. The first-order valence-electron chi connectivity index (χ1n) is 4.06. The lowest BCUT2D eigenvalue weighted by Crippen LogP contribution is -2.39. The van der Waals surface area contributed by atoms with E-state index in [1.54, 1.807) is 0 Å². The number of amides is 1. The van der Waals surface area contributed by atoms with Crippen LogP contribution in [-0.2, 0) is 4.79 Å². The summed E-state index contributed by atoms with van der Waals surface area (Å²) >= 11 is 0. The molecule has 14 heavy (non-hydrogen) atoms. The predicted molar refractivity (Wildman–Crippen MR) is 47.3 cm³/mol. The Morgan fingerprint density at radius 2 is 2.14 bits per heavy atom. The van der Waals surface area contributed by atoms with Crippen molar-refractivity contribution in [1.82, 2.24) is 10.6 Å². The molecular formula is C7H12ClF3N2O. The fourth-order valence-electron chi connectivity index (χ4n) is 1.23. The van der Waals surface area contributed by atoms with E-state index in [4.69, 9.17) is 0 Å². The van der Waals surface area contributed by atoms with Gasteiger partial charge in [-0.25, -0.2) is 0 Å². The van der Waals surface area contributed by atoms with Crippen molar-refractivity contribution in [1.29, 1.82) is 0 Å². The van der Waals surface area contributed by atoms with E-state index in [1.807, 2.05) is 5.32 Å². The molecule has 1 rings (SSSR count). The summed E-state index contributed by atoms with van der Waals surface area (Å²) in [6.07, 6.45) is -3.94. The first kappa shape index (κ1) is 13.5. The third kappa shape index (κ3) is 4.15. The standard InChI is InChI=1S/C7H11F3N2O.ClH/c8-7(9,10)6(13)12-4-5-1-2-11-3-5;/h5,11H,1-4H2,(H,12,13);1H/t5-;/m1./s1. The van der Waals surface area contributed by atoms with Crippen LogP contribution in [0, 0.1) is 5.92 Å². The Balaban J connectivity index is 0.00000169. The summed E-state index contributed by atoms with van der Waals surface area (Å²) in [6.45, 7) is 1.59. The van der Waals surface area contributed by atoms with Gasteiger partial charge >= 0.3 is 12.1 Å². The fourth-order valence-corrected chi connectivity index (χ4v) is 1.23. The van der Waals surface area contributed by atoms with E-state index >= 15 is 0 Å². The van der Waals surface area contributed by atoms with Gasteiger partial charge in [-0.05, 0) is 25.4 Å². The van der Waals surface area contributed by atoms with Gasteiger partial charge in [0.05, 0.1) is 0 Å². The van der Waals surface area contributed by atoms with E-state index in [1.165, 1.54) is 0 Å². The van der Waals surface area contributed by atoms with E-state index in [0.29, 0.717) is 6.54 Å². The second kappa shape index (κ2) is 5.41. The summed E-state index contributed by atoms with van der Waals surface area (Å²) in [5, 5.41) is 4.86. The largest absolute Gasteiger partial charge is 0.471 e.